The van der Waals surface area contributed by atoms with Crippen LogP contribution >= 0.6 is 0 Å². The van der Waals surface area contributed by atoms with E-state index in [1.54, 1.807) is 4.90 Å². The van der Waals surface area contributed by atoms with Gasteiger partial charge in [-0.3, -0.25) is 0 Å². The van der Waals surface area contributed by atoms with E-state index in [9.17, 15) is 4.79 Å². The van der Waals surface area contributed by atoms with Gasteiger partial charge in [-0.15, -0.1) is 0 Å². The van der Waals surface area contributed by atoms with Crippen molar-refractivity contribution in [3.8, 4) is 0 Å². The highest BCUT2D eigenvalue weighted by Gasteiger charge is 2.34. The summed E-state index contributed by atoms with van der Waals surface area (Å²) in [7, 11) is 0. The highest BCUT2D eigenvalue weighted by Crippen LogP contribution is 2.28. The molecule has 2 atom stereocenters. The second-order valence-electron chi connectivity index (χ2n) is 3.63. The van der Waals surface area contributed by atoms with E-state index in [4.69, 9.17) is 10.5 Å². The maximum atomic E-state index is 10.9. The van der Waals surface area contributed by atoms with Crippen LogP contribution in [0.2, 0.25) is 0 Å². The molecule has 0 aromatic rings. The molecule has 4 nitrogen and oxygen atoms in total. The van der Waals surface area contributed by atoms with Gasteiger partial charge in [-0.2, -0.15) is 0 Å². The molecule has 2 aliphatic rings. The lowest BCUT2D eigenvalue weighted by Gasteiger charge is -2.32. The molecule has 2 rings (SSSR count). The Labute approximate surface area is 71.7 Å². The smallest absolute Gasteiger partial charge is 0.314 e. The number of primary amides is 1. The number of hydrogen-bond acceptors (Lipinski definition) is 2. The van der Waals surface area contributed by atoms with Crippen molar-refractivity contribution in [2.24, 2.45) is 17.6 Å². The lowest BCUT2D eigenvalue weighted by atomic mass is 9.89. The Balaban J connectivity index is 1.96. The topological polar surface area (TPSA) is 55.6 Å². The molecule has 0 saturated carbocycles. The Morgan fingerprint density at radius 2 is 2.17 bits per heavy atom. The van der Waals surface area contributed by atoms with E-state index in [1.807, 2.05) is 0 Å². The van der Waals surface area contributed by atoms with Gasteiger partial charge in [0.05, 0.1) is 6.61 Å². The van der Waals surface area contributed by atoms with Crippen molar-refractivity contribution in [1.29, 1.82) is 0 Å². The third-order valence-electron chi connectivity index (χ3n) is 2.87. The molecule has 68 valence electrons. The van der Waals surface area contributed by atoms with Gasteiger partial charge >= 0.3 is 6.03 Å². The van der Waals surface area contributed by atoms with Gasteiger partial charge in [0.1, 0.15) is 0 Å². The van der Waals surface area contributed by atoms with E-state index < -0.39 is 0 Å². The van der Waals surface area contributed by atoms with Crippen molar-refractivity contribution in [2.75, 3.05) is 26.3 Å². The number of nitrogens with two attached hydrogens (primary N) is 1. The Kier molecular flexibility index (Phi) is 1.92. The number of carbonyl (C=O) groups is 1. The Morgan fingerprint density at radius 3 is 2.92 bits per heavy atom. The van der Waals surface area contributed by atoms with Crippen molar-refractivity contribution < 1.29 is 9.53 Å². The fraction of sp³-hybridized carbons (Fsp3) is 0.875. The van der Waals surface area contributed by atoms with Crippen molar-refractivity contribution in [3.63, 3.8) is 0 Å². The number of carbonyl (C=O) groups excluding carboxylic acids is 1. The summed E-state index contributed by atoms with van der Waals surface area (Å²) in [6, 6.07) is -0.291. The Bertz CT molecular complexity index is 195. The molecule has 2 N–H and O–H groups in total. The standard InChI is InChI=1S/C8H14N2O2/c9-8(11)10-2-1-6-4-12-5-7(6)3-10/h6-7H,1-5H2,(H2,9,11). The number of rotatable bonds is 0. The van der Waals surface area contributed by atoms with Gasteiger partial charge in [-0.25, -0.2) is 4.79 Å². The third kappa shape index (κ3) is 1.27. The lowest BCUT2D eigenvalue weighted by molar-refractivity contribution is 0.157. The second-order valence-corrected chi connectivity index (χ2v) is 3.63. The quantitative estimate of drug-likeness (QED) is 0.557. The molecular formula is C8H14N2O2. The Morgan fingerprint density at radius 1 is 1.42 bits per heavy atom. The molecule has 0 aromatic heterocycles. The first-order valence-electron chi connectivity index (χ1n) is 4.39. The van der Waals surface area contributed by atoms with Gasteiger partial charge in [0.15, 0.2) is 0 Å². The molecule has 4 heteroatoms. The van der Waals surface area contributed by atoms with Crippen LogP contribution in [-0.2, 0) is 4.74 Å². The highest BCUT2D eigenvalue weighted by molar-refractivity contribution is 5.72. The maximum Gasteiger partial charge on any atom is 0.314 e. The van der Waals surface area contributed by atoms with Crippen LogP contribution in [0.3, 0.4) is 0 Å². The van der Waals surface area contributed by atoms with Crippen LogP contribution in [0.5, 0.6) is 0 Å². The molecule has 2 amide bonds. The number of ether oxygens (including phenoxy) is 1. The molecule has 0 radical (unpaired) electrons. The first-order valence-corrected chi connectivity index (χ1v) is 4.39. The number of piperidine rings is 1. The van der Waals surface area contributed by atoms with Crippen LogP contribution < -0.4 is 5.73 Å². The predicted octanol–water partition coefficient (Wildman–Crippen LogP) is 0.0334. The number of urea groups is 1. The van der Waals surface area contributed by atoms with Gasteiger partial charge in [-0.1, -0.05) is 0 Å². The molecule has 2 saturated heterocycles. The lowest BCUT2D eigenvalue weighted by Crippen LogP contribution is -2.45. The molecule has 0 aromatic carbocycles. The van der Waals surface area contributed by atoms with Gasteiger partial charge in [0.25, 0.3) is 0 Å². The van der Waals surface area contributed by atoms with E-state index in [0.717, 1.165) is 32.7 Å². The van der Waals surface area contributed by atoms with Crippen LogP contribution in [0.15, 0.2) is 0 Å². The molecule has 0 spiro atoms. The number of hydrogen-bond donors (Lipinski definition) is 1. The molecule has 0 bridgehead atoms. The van der Waals surface area contributed by atoms with E-state index >= 15 is 0 Å². The minimum absolute atomic E-state index is 0.291. The number of nitrogens with zero attached hydrogens (tertiary/aromatic N) is 1. The van der Waals surface area contributed by atoms with Crippen molar-refractivity contribution in [2.45, 2.75) is 6.42 Å². The fourth-order valence-electron chi connectivity index (χ4n) is 2.06. The summed E-state index contributed by atoms with van der Waals surface area (Å²) in [6.45, 7) is 3.27. The van der Waals surface area contributed by atoms with E-state index in [0.29, 0.717) is 11.8 Å². The van der Waals surface area contributed by atoms with Gasteiger partial charge in [0, 0.05) is 25.6 Å². The molecular weight excluding hydrogens is 156 g/mol. The van der Waals surface area contributed by atoms with Crippen LogP contribution in [-0.4, -0.2) is 37.2 Å². The molecule has 12 heavy (non-hydrogen) atoms. The van der Waals surface area contributed by atoms with Crippen LogP contribution in [0, 0.1) is 11.8 Å². The zero-order valence-corrected chi connectivity index (χ0v) is 7.03. The molecule has 0 aliphatic carbocycles. The zero-order valence-electron chi connectivity index (χ0n) is 7.03. The minimum atomic E-state index is -0.291. The minimum Gasteiger partial charge on any atom is -0.381 e. The third-order valence-corrected chi connectivity index (χ3v) is 2.87. The Hall–Kier alpha value is -0.770. The summed E-state index contributed by atoms with van der Waals surface area (Å²) in [5.41, 5.74) is 5.20. The van der Waals surface area contributed by atoms with Crippen molar-refractivity contribution in [1.82, 2.24) is 4.90 Å². The van der Waals surface area contributed by atoms with E-state index in [-0.39, 0.29) is 6.03 Å². The van der Waals surface area contributed by atoms with Gasteiger partial charge in [-0.05, 0) is 12.3 Å². The average molecular weight is 170 g/mol. The zero-order chi connectivity index (χ0) is 8.55. The first-order chi connectivity index (χ1) is 5.77. The normalized spacial score (nSPS) is 34.8. The number of amides is 2. The van der Waals surface area contributed by atoms with Crippen molar-refractivity contribution in [3.05, 3.63) is 0 Å². The first kappa shape index (κ1) is 7.86. The monoisotopic (exact) mass is 170 g/mol. The van der Waals surface area contributed by atoms with Crippen LogP contribution in [0.1, 0.15) is 6.42 Å². The van der Waals surface area contributed by atoms with Crippen LogP contribution in [0.25, 0.3) is 0 Å². The van der Waals surface area contributed by atoms with Crippen LogP contribution in [0.4, 0.5) is 4.79 Å². The van der Waals surface area contributed by atoms with E-state index in [1.165, 1.54) is 0 Å². The summed E-state index contributed by atoms with van der Waals surface area (Å²) in [5, 5.41) is 0. The fourth-order valence-corrected chi connectivity index (χ4v) is 2.06. The summed E-state index contributed by atoms with van der Waals surface area (Å²) in [6.07, 6.45) is 1.05. The second kappa shape index (κ2) is 2.94. The van der Waals surface area contributed by atoms with E-state index in [2.05, 4.69) is 0 Å². The SMILES string of the molecule is NC(=O)N1CCC2COCC2C1. The van der Waals surface area contributed by atoms with Gasteiger partial charge in [0.2, 0.25) is 0 Å². The molecule has 2 heterocycles. The van der Waals surface area contributed by atoms with Gasteiger partial charge < -0.3 is 15.4 Å². The summed E-state index contributed by atoms with van der Waals surface area (Å²) < 4.78 is 5.34. The number of likely N-dealkylation sites (tertiary alicyclic amines) is 1. The largest absolute Gasteiger partial charge is 0.381 e. The van der Waals surface area contributed by atoms with Crippen molar-refractivity contribution >= 4 is 6.03 Å². The average Bonchev–Trinajstić information content (AvgIpc) is 2.49. The summed E-state index contributed by atoms with van der Waals surface area (Å²) >= 11 is 0. The summed E-state index contributed by atoms with van der Waals surface area (Å²) in [4.78, 5) is 12.6. The number of fused-ring (bicyclic) bond motifs is 1. The molecule has 2 unspecified atom stereocenters. The maximum absolute atomic E-state index is 10.9. The highest BCUT2D eigenvalue weighted by atomic mass is 16.5. The molecule has 2 fully saturated rings. The summed E-state index contributed by atoms with van der Waals surface area (Å²) in [5.74, 6) is 1.20. The predicted molar refractivity (Wildman–Crippen MR) is 43.6 cm³/mol. The molecule has 2 aliphatic heterocycles.